The number of rotatable bonds is 3. The molecule has 2 aromatic heterocycles. The number of benzene rings is 1. The van der Waals surface area contributed by atoms with Gasteiger partial charge < -0.3 is 9.88 Å². The van der Waals surface area contributed by atoms with Crippen molar-refractivity contribution in [3.8, 4) is 0 Å². The summed E-state index contributed by atoms with van der Waals surface area (Å²) < 4.78 is 0. The minimum atomic E-state index is 0.123. The SMILES string of the molecule is O=C(c1ccc2[nH]ccc2c1)N1CCC(c2nc(C3CC3)n[nH]2)CC1. The van der Waals surface area contributed by atoms with Gasteiger partial charge in [0.1, 0.15) is 5.82 Å². The third-order valence-electron chi connectivity index (χ3n) is 5.43. The van der Waals surface area contributed by atoms with Crippen LogP contribution in [-0.4, -0.2) is 44.1 Å². The van der Waals surface area contributed by atoms with Crippen molar-refractivity contribution in [1.29, 1.82) is 0 Å². The molecule has 2 aliphatic rings. The first kappa shape index (κ1) is 14.7. The monoisotopic (exact) mass is 335 g/mol. The van der Waals surface area contributed by atoms with Gasteiger partial charge in [0.25, 0.3) is 5.91 Å². The Hall–Kier alpha value is -2.63. The Bertz CT molecular complexity index is 915. The summed E-state index contributed by atoms with van der Waals surface area (Å²) in [5, 5.41) is 8.56. The van der Waals surface area contributed by atoms with E-state index in [0.29, 0.717) is 11.8 Å². The van der Waals surface area contributed by atoms with Gasteiger partial charge in [-0.2, -0.15) is 5.10 Å². The molecule has 1 amide bonds. The number of hydrogen-bond acceptors (Lipinski definition) is 3. The molecule has 1 aromatic carbocycles. The second-order valence-corrected chi connectivity index (χ2v) is 7.20. The number of aromatic nitrogens is 4. The molecule has 1 aliphatic heterocycles. The molecule has 2 N–H and O–H groups in total. The van der Waals surface area contributed by atoms with Crippen LogP contribution in [0.2, 0.25) is 0 Å². The number of nitrogens with zero attached hydrogens (tertiary/aromatic N) is 3. The largest absolute Gasteiger partial charge is 0.361 e. The summed E-state index contributed by atoms with van der Waals surface area (Å²) in [4.78, 5) is 22.6. The number of H-pyrrole nitrogens is 2. The highest BCUT2D eigenvalue weighted by Crippen LogP contribution is 2.38. The van der Waals surface area contributed by atoms with Crippen molar-refractivity contribution < 1.29 is 4.79 Å². The fourth-order valence-corrected chi connectivity index (χ4v) is 3.72. The molecule has 0 spiro atoms. The molecule has 0 unspecified atom stereocenters. The Morgan fingerprint density at radius 1 is 1.08 bits per heavy atom. The van der Waals surface area contributed by atoms with Crippen LogP contribution in [0.25, 0.3) is 10.9 Å². The highest BCUT2D eigenvalue weighted by molar-refractivity contribution is 5.98. The van der Waals surface area contributed by atoms with Crippen LogP contribution in [0.4, 0.5) is 0 Å². The predicted molar refractivity (Wildman–Crippen MR) is 94.5 cm³/mol. The molecule has 0 atom stereocenters. The highest BCUT2D eigenvalue weighted by Gasteiger charge is 2.30. The number of carbonyl (C=O) groups excluding carboxylic acids is 1. The summed E-state index contributed by atoms with van der Waals surface area (Å²) >= 11 is 0. The van der Waals surface area contributed by atoms with Crippen molar-refractivity contribution in [3.05, 3.63) is 47.7 Å². The van der Waals surface area contributed by atoms with Crippen molar-refractivity contribution in [1.82, 2.24) is 25.1 Å². The Morgan fingerprint density at radius 3 is 2.72 bits per heavy atom. The molecule has 3 heterocycles. The lowest BCUT2D eigenvalue weighted by atomic mass is 9.95. The lowest BCUT2D eigenvalue weighted by Gasteiger charge is -2.31. The maximum absolute atomic E-state index is 12.8. The Kier molecular flexibility index (Phi) is 3.36. The third-order valence-corrected chi connectivity index (χ3v) is 5.43. The summed E-state index contributed by atoms with van der Waals surface area (Å²) in [7, 11) is 0. The average Bonchev–Trinajstić information content (AvgIpc) is 3.20. The minimum Gasteiger partial charge on any atom is -0.361 e. The number of likely N-dealkylation sites (tertiary alicyclic amines) is 1. The van der Waals surface area contributed by atoms with E-state index >= 15 is 0 Å². The molecule has 1 saturated carbocycles. The van der Waals surface area contributed by atoms with E-state index in [2.05, 4.69) is 20.2 Å². The Balaban J connectivity index is 1.26. The van der Waals surface area contributed by atoms with Crippen LogP contribution in [0, 0.1) is 0 Å². The molecular weight excluding hydrogens is 314 g/mol. The quantitative estimate of drug-likeness (QED) is 0.771. The molecule has 6 heteroatoms. The first-order valence-electron chi connectivity index (χ1n) is 9.06. The number of nitrogens with one attached hydrogen (secondary N) is 2. The number of hydrogen-bond donors (Lipinski definition) is 2. The van der Waals surface area contributed by atoms with E-state index in [4.69, 9.17) is 0 Å². The van der Waals surface area contributed by atoms with E-state index < -0.39 is 0 Å². The topological polar surface area (TPSA) is 77.7 Å². The average molecular weight is 335 g/mol. The fraction of sp³-hybridized carbons (Fsp3) is 0.421. The number of piperidine rings is 1. The van der Waals surface area contributed by atoms with Gasteiger partial charge in [0.05, 0.1) is 0 Å². The van der Waals surface area contributed by atoms with E-state index in [9.17, 15) is 4.79 Å². The molecule has 1 aliphatic carbocycles. The summed E-state index contributed by atoms with van der Waals surface area (Å²) in [6, 6.07) is 7.85. The van der Waals surface area contributed by atoms with Gasteiger partial charge in [0.2, 0.25) is 0 Å². The minimum absolute atomic E-state index is 0.123. The molecule has 0 bridgehead atoms. The molecule has 5 rings (SSSR count). The van der Waals surface area contributed by atoms with Gasteiger partial charge in [-0.25, -0.2) is 4.98 Å². The molecule has 6 nitrogen and oxygen atoms in total. The molecular formula is C19H21N5O. The molecule has 0 radical (unpaired) electrons. The Morgan fingerprint density at radius 2 is 1.92 bits per heavy atom. The number of carbonyl (C=O) groups is 1. The van der Waals surface area contributed by atoms with Gasteiger partial charge in [-0.15, -0.1) is 0 Å². The van der Waals surface area contributed by atoms with Crippen molar-refractivity contribution in [2.24, 2.45) is 0 Å². The smallest absolute Gasteiger partial charge is 0.253 e. The van der Waals surface area contributed by atoms with Crippen molar-refractivity contribution in [3.63, 3.8) is 0 Å². The number of amides is 1. The van der Waals surface area contributed by atoms with Gasteiger partial charge in [-0.1, -0.05) is 0 Å². The lowest BCUT2D eigenvalue weighted by Crippen LogP contribution is -2.38. The van der Waals surface area contributed by atoms with Crippen molar-refractivity contribution in [2.45, 2.75) is 37.5 Å². The Labute approximate surface area is 145 Å². The normalized spacial score (nSPS) is 18.8. The second kappa shape index (κ2) is 5.72. The lowest BCUT2D eigenvalue weighted by molar-refractivity contribution is 0.0711. The van der Waals surface area contributed by atoms with Gasteiger partial charge in [-0.05, 0) is 49.9 Å². The molecule has 128 valence electrons. The van der Waals surface area contributed by atoms with Crippen LogP contribution in [0.5, 0.6) is 0 Å². The van der Waals surface area contributed by atoms with Crippen LogP contribution in [-0.2, 0) is 0 Å². The van der Waals surface area contributed by atoms with Gasteiger partial charge in [0.15, 0.2) is 5.82 Å². The van der Waals surface area contributed by atoms with E-state index in [1.807, 2.05) is 35.4 Å². The zero-order chi connectivity index (χ0) is 16.8. The maximum atomic E-state index is 12.8. The van der Waals surface area contributed by atoms with Crippen LogP contribution in [0.3, 0.4) is 0 Å². The summed E-state index contributed by atoms with van der Waals surface area (Å²) in [5.41, 5.74) is 1.83. The zero-order valence-electron chi connectivity index (χ0n) is 14.0. The zero-order valence-corrected chi connectivity index (χ0v) is 14.0. The molecule has 3 aromatic rings. The molecule has 2 fully saturated rings. The second-order valence-electron chi connectivity index (χ2n) is 7.20. The van der Waals surface area contributed by atoms with Gasteiger partial charge >= 0.3 is 0 Å². The summed E-state index contributed by atoms with van der Waals surface area (Å²) in [6.07, 6.45) is 6.22. The van der Waals surface area contributed by atoms with Crippen molar-refractivity contribution >= 4 is 16.8 Å². The molecule has 25 heavy (non-hydrogen) atoms. The van der Waals surface area contributed by atoms with Gasteiger partial charge in [-0.3, -0.25) is 9.89 Å². The fourth-order valence-electron chi connectivity index (χ4n) is 3.72. The maximum Gasteiger partial charge on any atom is 0.253 e. The van der Waals surface area contributed by atoms with Crippen LogP contribution in [0.15, 0.2) is 30.5 Å². The van der Waals surface area contributed by atoms with E-state index in [1.54, 1.807) is 0 Å². The summed E-state index contributed by atoms with van der Waals surface area (Å²) in [5.74, 6) is 3.07. The first-order valence-corrected chi connectivity index (χ1v) is 9.06. The van der Waals surface area contributed by atoms with Crippen LogP contribution >= 0.6 is 0 Å². The van der Waals surface area contributed by atoms with Crippen LogP contribution in [0.1, 0.15) is 59.5 Å². The number of aromatic amines is 2. The molecule has 1 saturated heterocycles. The summed E-state index contributed by atoms with van der Waals surface area (Å²) in [6.45, 7) is 1.54. The third kappa shape index (κ3) is 2.71. The van der Waals surface area contributed by atoms with Gasteiger partial charge in [0, 0.05) is 47.6 Å². The van der Waals surface area contributed by atoms with E-state index in [1.165, 1.54) is 12.8 Å². The first-order chi connectivity index (χ1) is 12.3. The van der Waals surface area contributed by atoms with E-state index in [-0.39, 0.29) is 5.91 Å². The van der Waals surface area contributed by atoms with Crippen LogP contribution < -0.4 is 0 Å². The van der Waals surface area contributed by atoms with E-state index in [0.717, 1.165) is 54.0 Å². The standard InChI is InChI=1S/C19H21N5O/c25-19(15-3-4-16-14(11-15)5-8-20-16)24-9-6-13(7-10-24)18-21-17(22-23-18)12-1-2-12/h3-5,8,11-13,20H,1-2,6-7,9-10H2,(H,21,22,23). The number of fused-ring (bicyclic) bond motifs is 1. The van der Waals surface area contributed by atoms with Crippen molar-refractivity contribution in [2.75, 3.05) is 13.1 Å². The predicted octanol–water partition coefficient (Wildman–Crippen LogP) is 3.18. The highest BCUT2D eigenvalue weighted by atomic mass is 16.2.